The number of ether oxygens (including phenoxy) is 1. The summed E-state index contributed by atoms with van der Waals surface area (Å²) in [6.07, 6.45) is 1.45. The van der Waals surface area contributed by atoms with Crippen LogP contribution in [0.15, 0.2) is 30.5 Å². The molecule has 2 N–H and O–H groups in total. The van der Waals surface area contributed by atoms with Gasteiger partial charge in [-0.25, -0.2) is 9.37 Å². The van der Waals surface area contributed by atoms with Crippen molar-refractivity contribution < 1.29 is 9.13 Å². The van der Waals surface area contributed by atoms with E-state index in [9.17, 15) is 4.39 Å². The molecule has 3 heterocycles. The molecule has 0 spiro atoms. The zero-order valence-corrected chi connectivity index (χ0v) is 15.5. The molecule has 1 aliphatic heterocycles. The Balaban J connectivity index is 0.000000236. The Bertz CT molecular complexity index is 879. The number of halogens is 2. The Morgan fingerprint density at radius 3 is 2.65 bits per heavy atom. The van der Waals surface area contributed by atoms with Gasteiger partial charge in [-0.05, 0) is 38.2 Å². The molecule has 0 bridgehead atoms. The van der Waals surface area contributed by atoms with Gasteiger partial charge < -0.3 is 19.9 Å². The summed E-state index contributed by atoms with van der Waals surface area (Å²) in [6, 6.07) is 6.52. The first kappa shape index (κ1) is 18.6. The molecule has 138 valence electrons. The fourth-order valence-electron chi connectivity index (χ4n) is 2.61. The maximum Gasteiger partial charge on any atom is 0.323 e. The normalized spacial score (nSPS) is 14.8. The molecular weight excluding hydrogens is 357 g/mol. The van der Waals surface area contributed by atoms with Gasteiger partial charge in [-0.3, -0.25) is 0 Å². The van der Waals surface area contributed by atoms with E-state index in [0.717, 1.165) is 24.3 Å². The number of fused-ring (bicyclic) bond motifs is 1. The Labute approximate surface area is 156 Å². The van der Waals surface area contributed by atoms with E-state index >= 15 is 0 Å². The second-order valence-electron chi connectivity index (χ2n) is 6.11. The van der Waals surface area contributed by atoms with Crippen molar-refractivity contribution in [3.05, 3.63) is 47.1 Å². The topological polar surface area (TPSA) is 66.1 Å². The summed E-state index contributed by atoms with van der Waals surface area (Å²) in [5.74, 6) is -0.390. The monoisotopic (exact) mass is 377 g/mol. The summed E-state index contributed by atoms with van der Waals surface area (Å²) in [7, 11) is 2.15. The third-order valence-corrected chi connectivity index (χ3v) is 4.19. The van der Waals surface area contributed by atoms with Crippen LogP contribution in [-0.2, 0) is 0 Å². The van der Waals surface area contributed by atoms with Crippen molar-refractivity contribution in [2.24, 2.45) is 0 Å². The molecule has 1 aromatic carbocycles. The molecule has 0 saturated carbocycles. The van der Waals surface area contributed by atoms with Crippen molar-refractivity contribution in [2.45, 2.75) is 6.92 Å². The Hall–Kier alpha value is -2.22. The second kappa shape index (κ2) is 8.44. The van der Waals surface area contributed by atoms with Crippen molar-refractivity contribution in [3.8, 4) is 11.8 Å². The van der Waals surface area contributed by atoms with Crippen molar-refractivity contribution in [1.29, 1.82) is 0 Å². The number of aryl methyl sites for hydroxylation is 1. The van der Waals surface area contributed by atoms with E-state index in [1.54, 1.807) is 12.1 Å². The third-order valence-electron chi connectivity index (χ3n) is 3.98. The predicted octanol–water partition coefficient (Wildman–Crippen LogP) is 3.37. The van der Waals surface area contributed by atoms with Gasteiger partial charge in [-0.15, -0.1) is 0 Å². The van der Waals surface area contributed by atoms with Crippen molar-refractivity contribution in [1.82, 2.24) is 25.2 Å². The van der Waals surface area contributed by atoms with Crippen molar-refractivity contribution in [2.75, 3.05) is 33.2 Å². The number of piperazine rings is 1. The molecule has 26 heavy (non-hydrogen) atoms. The summed E-state index contributed by atoms with van der Waals surface area (Å²) in [5.41, 5.74) is 1.60. The standard InChI is InChI=1S/C13H9ClFN3O.C5H12N2/c1-7-6-8-9(17-7)2-3-10(12(8)15)19-13-16-5-4-11(14)18-13;1-7-4-2-6-3-5-7/h2-6,17H,1H3;6H,2-5H2,1H3. The van der Waals surface area contributed by atoms with E-state index in [2.05, 4.69) is 32.2 Å². The van der Waals surface area contributed by atoms with E-state index in [1.807, 2.05) is 6.92 Å². The Morgan fingerprint density at radius 1 is 1.23 bits per heavy atom. The van der Waals surface area contributed by atoms with E-state index in [1.165, 1.54) is 31.4 Å². The lowest BCUT2D eigenvalue weighted by molar-refractivity contribution is 0.291. The molecule has 3 aromatic rings. The molecule has 2 aromatic heterocycles. The molecule has 1 aliphatic rings. The number of H-pyrrole nitrogens is 1. The van der Waals surface area contributed by atoms with Gasteiger partial charge in [0.1, 0.15) is 5.15 Å². The van der Waals surface area contributed by atoms with Crippen LogP contribution in [0.4, 0.5) is 4.39 Å². The molecule has 0 radical (unpaired) electrons. The van der Waals surface area contributed by atoms with Crippen LogP contribution in [0.5, 0.6) is 11.8 Å². The Morgan fingerprint density at radius 2 is 2.00 bits per heavy atom. The van der Waals surface area contributed by atoms with Gasteiger partial charge >= 0.3 is 6.01 Å². The van der Waals surface area contributed by atoms with Gasteiger partial charge in [0.25, 0.3) is 0 Å². The second-order valence-corrected chi connectivity index (χ2v) is 6.50. The van der Waals surface area contributed by atoms with E-state index < -0.39 is 5.82 Å². The largest absolute Gasteiger partial charge is 0.421 e. The first-order valence-electron chi connectivity index (χ1n) is 8.36. The summed E-state index contributed by atoms with van der Waals surface area (Å²) in [4.78, 5) is 13.1. The van der Waals surface area contributed by atoms with Crippen LogP contribution in [0.2, 0.25) is 5.15 Å². The minimum absolute atomic E-state index is 0.0120. The molecule has 0 unspecified atom stereocenters. The van der Waals surface area contributed by atoms with Crippen LogP contribution < -0.4 is 10.1 Å². The number of nitrogens with one attached hydrogen (secondary N) is 2. The fourth-order valence-corrected chi connectivity index (χ4v) is 2.74. The van der Waals surface area contributed by atoms with Gasteiger partial charge in [0, 0.05) is 49.0 Å². The molecule has 0 atom stereocenters. The van der Waals surface area contributed by atoms with Crippen LogP contribution in [0.25, 0.3) is 10.9 Å². The predicted molar refractivity (Wildman–Crippen MR) is 100 cm³/mol. The minimum atomic E-state index is -0.453. The van der Waals surface area contributed by atoms with Crippen LogP contribution in [-0.4, -0.2) is 53.1 Å². The Kier molecular flexibility index (Phi) is 6.03. The number of rotatable bonds is 2. The third kappa shape index (κ3) is 4.69. The summed E-state index contributed by atoms with van der Waals surface area (Å²) < 4.78 is 19.5. The average molecular weight is 378 g/mol. The quantitative estimate of drug-likeness (QED) is 0.670. The maximum absolute atomic E-state index is 14.2. The number of benzene rings is 1. The van der Waals surface area contributed by atoms with Crippen molar-refractivity contribution in [3.63, 3.8) is 0 Å². The summed E-state index contributed by atoms with van der Waals surface area (Å²) in [6.45, 7) is 6.60. The van der Waals surface area contributed by atoms with Gasteiger partial charge in [-0.2, -0.15) is 4.98 Å². The summed E-state index contributed by atoms with van der Waals surface area (Å²) in [5, 5.41) is 3.98. The first-order chi connectivity index (χ1) is 12.5. The molecule has 0 aliphatic carbocycles. The van der Waals surface area contributed by atoms with E-state index in [-0.39, 0.29) is 16.9 Å². The van der Waals surface area contributed by atoms with E-state index in [4.69, 9.17) is 16.3 Å². The van der Waals surface area contributed by atoms with Crippen molar-refractivity contribution >= 4 is 22.5 Å². The lowest BCUT2D eigenvalue weighted by atomic mass is 10.2. The molecule has 4 rings (SSSR count). The van der Waals surface area contributed by atoms with E-state index in [0.29, 0.717) is 5.39 Å². The average Bonchev–Trinajstić information content (AvgIpc) is 3.00. The number of hydrogen-bond donors (Lipinski definition) is 2. The lowest BCUT2D eigenvalue weighted by Gasteiger charge is -2.21. The highest BCUT2D eigenvalue weighted by atomic mass is 35.5. The zero-order chi connectivity index (χ0) is 18.5. The number of nitrogens with zero attached hydrogens (tertiary/aromatic N) is 3. The smallest absolute Gasteiger partial charge is 0.323 e. The summed E-state index contributed by atoms with van der Waals surface area (Å²) >= 11 is 5.72. The molecule has 6 nitrogen and oxygen atoms in total. The van der Waals surface area contributed by atoms with Crippen LogP contribution in [0.1, 0.15) is 5.69 Å². The highest BCUT2D eigenvalue weighted by molar-refractivity contribution is 6.29. The zero-order valence-electron chi connectivity index (χ0n) is 14.7. The molecule has 1 fully saturated rings. The lowest BCUT2D eigenvalue weighted by Crippen LogP contribution is -2.40. The highest BCUT2D eigenvalue weighted by Gasteiger charge is 2.12. The molecule has 1 saturated heterocycles. The first-order valence-corrected chi connectivity index (χ1v) is 8.74. The minimum Gasteiger partial charge on any atom is -0.421 e. The maximum atomic E-state index is 14.2. The number of hydrogen-bond acceptors (Lipinski definition) is 5. The SMILES string of the molecule is CN1CCNCC1.Cc1cc2c(F)c(Oc3nccc(Cl)n3)ccc2[nH]1. The van der Waals surface area contributed by atoms with Gasteiger partial charge in [0.2, 0.25) is 0 Å². The van der Waals surface area contributed by atoms with Crippen LogP contribution in [0, 0.1) is 12.7 Å². The molecule has 0 amide bonds. The molecule has 8 heteroatoms. The number of likely N-dealkylation sites (N-methyl/N-ethyl adjacent to an activating group) is 1. The van der Waals surface area contributed by atoms with Crippen LogP contribution >= 0.6 is 11.6 Å². The fraction of sp³-hybridized carbons (Fsp3) is 0.333. The number of aromatic amines is 1. The highest BCUT2D eigenvalue weighted by Crippen LogP contribution is 2.29. The van der Waals surface area contributed by atoms with Gasteiger partial charge in [0.15, 0.2) is 11.6 Å². The van der Waals surface area contributed by atoms with Crippen LogP contribution in [0.3, 0.4) is 0 Å². The van der Waals surface area contributed by atoms with Gasteiger partial charge in [0.05, 0.1) is 0 Å². The number of aromatic nitrogens is 3. The molecular formula is C18H21ClFN5O. The van der Waals surface area contributed by atoms with Gasteiger partial charge in [-0.1, -0.05) is 11.6 Å².